The van der Waals surface area contributed by atoms with Gasteiger partial charge in [0.05, 0.1) is 12.0 Å². The third-order valence-corrected chi connectivity index (χ3v) is 7.62. The van der Waals surface area contributed by atoms with Crippen LogP contribution < -0.4 is 10.1 Å². The molecule has 1 aromatic carbocycles. The van der Waals surface area contributed by atoms with Crippen LogP contribution in [0.4, 0.5) is 0 Å². The molecule has 1 N–H and O–H groups in total. The van der Waals surface area contributed by atoms with E-state index in [1.54, 1.807) is 31.4 Å². The maximum atomic E-state index is 12.8. The maximum Gasteiger partial charge on any atom is 0.243 e. The zero-order valence-corrected chi connectivity index (χ0v) is 18.8. The van der Waals surface area contributed by atoms with E-state index in [1.165, 1.54) is 23.6 Å². The minimum atomic E-state index is -3.49. The third kappa shape index (κ3) is 6.06. The van der Waals surface area contributed by atoms with Gasteiger partial charge in [-0.05, 0) is 48.8 Å². The first-order valence-electron chi connectivity index (χ1n) is 10.1. The summed E-state index contributed by atoms with van der Waals surface area (Å²) in [5.74, 6) is 1.28. The molecule has 158 valence electrons. The largest absolute Gasteiger partial charge is 0.497 e. The van der Waals surface area contributed by atoms with Gasteiger partial charge < -0.3 is 15.0 Å². The molecule has 1 atom stereocenters. The number of hydrogen-bond acceptors (Lipinski definition) is 4. The van der Waals surface area contributed by atoms with Crippen molar-refractivity contribution in [2.24, 2.45) is 5.92 Å². The predicted octanol–water partition coefficient (Wildman–Crippen LogP) is 3.09. The van der Waals surface area contributed by atoms with Gasteiger partial charge in [0.1, 0.15) is 5.75 Å². The van der Waals surface area contributed by atoms with Crippen molar-refractivity contribution in [3.05, 3.63) is 24.3 Å². The van der Waals surface area contributed by atoms with Crippen molar-refractivity contribution in [3.63, 3.8) is 0 Å². The fraction of sp³-hybridized carbons (Fsp3) is 0.650. The Morgan fingerprint density at radius 3 is 2.36 bits per heavy atom. The molecule has 6 nitrogen and oxygen atoms in total. The van der Waals surface area contributed by atoms with Gasteiger partial charge in [0.15, 0.2) is 5.11 Å². The number of nitrogens with one attached hydrogen (secondary N) is 1. The number of sulfonamides is 1. The number of thiocarbonyl (C=S) groups is 1. The van der Waals surface area contributed by atoms with E-state index in [4.69, 9.17) is 17.0 Å². The summed E-state index contributed by atoms with van der Waals surface area (Å²) >= 11 is 5.54. The van der Waals surface area contributed by atoms with E-state index in [1.807, 2.05) is 0 Å². The topological polar surface area (TPSA) is 61.9 Å². The second-order valence-corrected chi connectivity index (χ2v) is 9.49. The fourth-order valence-electron chi connectivity index (χ4n) is 3.32. The van der Waals surface area contributed by atoms with Gasteiger partial charge in [0, 0.05) is 32.7 Å². The third-order valence-electron chi connectivity index (χ3n) is 5.31. The Kier molecular flexibility index (Phi) is 8.98. The van der Waals surface area contributed by atoms with Crippen LogP contribution >= 0.6 is 12.2 Å². The van der Waals surface area contributed by atoms with Gasteiger partial charge in [-0.2, -0.15) is 4.31 Å². The summed E-state index contributed by atoms with van der Waals surface area (Å²) in [4.78, 5) is 2.37. The van der Waals surface area contributed by atoms with Gasteiger partial charge in [-0.25, -0.2) is 8.42 Å². The molecule has 1 aliphatic heterocycles. The molecule has 1 aliphatic rings. The van der Waals surface area contributed by atoms with E-state index in [0.29, 0.717) is 42.7 Å². The smallest absolute Gasteiger partial charge is 0.243 e. The van der Waals surface area contributed by atoms with Crippen LogP contribution in [0.15, 0.2) is 29.2 Å². The minimum Gasteiger partial charge on any atom is -0.497 e. The standard InChI is InChI=1S/C20H33N3O3S2/c1-4-6-7-17(5-2)16-21-20(27)22-12-14-23(15-13-22)28(24,25)19-10-8-18(26-3)9-11-19/h8-11,17H,4-7,12-16H2,1-3H3,(H,21,27)/t17-/m1/s1. The number of methoxy groups -OCH3 is 1. The van der Waals surface area contributed by atoms with Gasteiger partial charge in [0.25, 0.3) is 0 Å². The Morgan fingerprint density at radius 2 is 1.82 bits per heavy atom. The molecule has 0 radical (unpaired) electrons. The van der Waals surface area contributed by atoms with E-state index in [0.717, 1.165) is 18.1 Å². The molecule has 0 spiro atoms. The van der Waals surface area contributed by atoms with E-state index in [9.17, 15) is 8.42 Å². The molecule has 0 bridgehead atoms. The summed E-state index contributed by atoms with van der Waals surface area (Å²) in [6.45, 7) is 7.39. The summed E-state index contributed by atoms with van der Waals surface area (Å²) in [5, 5.41) is 4.12. The molecular formula is C20H33N3O3S2. The minimum absolute atomic E-state index is 0.296. The highest BCUT2D eigenvalue weighted by Crippen LogP contribution is 2.20. The number of nitrogens with zero attached hydrogens (tertiary/aromatic N) is 2. The predicted molar refractivity (Wildman–Crippen MR) is 117 cm³/mol. The van der Waals surface area contributed by atoms with Crippen LogP contribution in [-0.4, -0.2) is 62.6 Å². The highest BCUT2D eigenvalue weighted by atomic mass is 32.2. The molecule has 2 rings (SSSR count). The van der Waals surface area contributed by atoms with Crippen LogP contribution in [0.2, 0.25) is 0 Å². The Bertz CT molecular complexity index is 715. The van der Waals surface area contributed by atoms with Crippen LogP contribution in [-0.2, 0) is 10.0 Å². The average Bonchev–Trinajstić information content (AvgIpc) is 2.73. The summed E-state index contributed by atoms with van der Waals surface area (Å²) < 4.78 is 32.3. The molecular weight excluding hydrogens is 394 g/mol. The normalized spacial score (nSPS) is 16.6. The van der Waals surface area contributed by atoms with Crippen molar-refractivity contribution in [2.45, 2.75) is 44.4 Å². The number of rotatable bonds is 9. The lowest BCUT2D eigenvalue weighted by Gasteiger charge is -2.35. The van der Waals surface area contributed by atoms with Gasteiger partial charge in [-0.3, -0.25) is 0 Å². The van der Waals surface area contributed by atoms with E-state index in [-0.39, 0.29) is 0 Å². The number of piperazine rings is 1. The van der Waals surface area contributed by atoms with Crippen molar-refractivity contribution < 1.29 is 13.2 Å². The SMILES string of the molecule is CCCC[C@@H](CC)CNC(=S)N1CCN(S(=O)(=O)c2ccc(OC)cc2)CC1. The molecule has 1 heterocycles. The maximum absolute atomic E-state index is 12.8. The number of unbranched alkanes of at least 4 members (excludes halogenated alkanes) is 1. The average molecular weight is 428 g/mol. The molecule has 0 aliphatic carbocycles. The van der Waals surface area contributed by atoms with Crippen LogP contribution in [0, 0.1) is 5.92 Å². The van der Waals surface area contributed by atoms with Crippen LogP contribution in [0.25, 0.3) is 0 Å². The van der Waals surface area contributed by atoms with E-state index < -0.39 is 10.0 Å². The highest BCUT2D eigenvalue weighted by Gasteiger charge is 2.29. The first-order valence-corrected chi connectivity index (χ1v) is 11.9. The highest BCUT2D eigenvalue weighted by molar-refractivity contribution is 7.89. The molecule has 0 aromatic heterocycles. The van der Waals surface area contributed by atoms with E-state index in [2.05, 4.69) is 24.1 Å². The Labute approximate surface area is 175 Å². The molecule has 0 amide bonds. The molecule has 8 heteroatoms. The zero-order valence-electron chi connectivity index (χ0n) is 17.2. The first-order chi connectivity index (χ1) is 13.4. The fourth-order valence-corrected chi connectivity index (χ4v) is 5.00. The molecule has 1 fully saturated rings. The van der Waals surface area contributed by atoms with Gasteiger partial charge in [-0.15, -0.1) is 0 Å². The van der Waals surface area contributed by atoms with Gasteiger partial charge in [0.2, 0.25) is 10.0 Å². The van der Waals surface area contributed by atoms with Gasteiger partial charge in [-0.1, -0.05) is 33.1 Å². The van der Waals surface area contributed by atoms with Crippen molar-refractivity contribution in [3.8, 4) is 5.75 Å². The van der Waals surface area contributed by atoms with Crippen molar-refractivity contribution in [1.82, 2.24) is 14.5 Å². The monoisotopic (exact) mass is 427 g/mol. The van der Waals surface area contributed by atoms with Gasteiger partial charge >= 0.3 is 0 Å². The molecule has 28 heavy (non-hydrogen) atoms. The number of hydrogen-bond donors (Lipinski definition) is 1. The number of benzene rings is 1. The molecule has 1 aromatic rings. The van der Waals surface area contributed by atoms with Crippen molar-refractivity contribution >= 4 is 27.4 Å². The first kappa shape index (κ1) is 22.9. The summed E-state index contributed by atoms with van der Waals surface area (Å²) in [6, 6.07) is 6.53. The zero-order chi connectivity index (χ0) is 20.6. The Hall–Kier alpha value is -1.38. The summed E-state index contributed by atoms with van der Waals surface area (Å²) in [6.07, 6.45) is 4.82. The van der Waals surface area contributed by atoms with Crippen LogP contribution in [0.1, 0.15) is 39.5 Å². The van der Waals surface area contributed by atoms with Crippen molar-refractivity contribution in [2.75, 3.05) is 39.8 Å². The summed E-state index contributed by atoms with van der Waals surface area (Å²) in [5.41, 5.74) is 0. The lowest BCUT2D eigenvalue weighted by atomic mass is 9.99. The lowest BCUT2D eigenvalue weighted by Crippen LogP contribution is -2.53. The summed E-state index contributed by atoms with van der Waals surface area (Å²) in [7, 11) is -1.93. The van der Waals surface area contributed by atoms with Crippen LogP contribution in [0.3, 0.4) is 0 Å². The second kappa shape index (κ2) is 11.0. The molecule has 1 saturated heterocycles. The quantitative estimate of drug-likeness (QED) is 0.611. The van der Waals surface area contributed by atoms with Crippen molar-refractivity contribution in [1.29, 1.82) is 0 Å². The second-order valence-electron chi connectivity index (χ2n) is 7.17. The number of ether oxygens (including phenoxy) is 1. The lowest BCUT2D eigenvalue weighted by molar-refractivity contribution is 0.262. The Balaban J connectivity index is 1.86. The Morgan fingerprint density at radius 1 is 1.18 bits per heavy atom. The van der Waals surface area contributed by atoms with Crippen LogP contribution in [0.5, 0.6) is 5.75 Å². The van der Waals surface area contributed by atoms with E-state index >= 15 is 0 Å². The molecule has 0 saturated carbocycles. The molecule has 0 unspecified atom stereocenters.